The fraction of sp³-hybridized carbons (Fsp3) is 0.562. The van der Waals surface area contributed by atoms with Crippen molar-refractivity contribution >= 4 is 29.9 Å². The van der Waals surface area contributed by atoms with E-state index in [9.17, 15) is 4.79 Å². The molecule has 0 heterocycles. The van der Waals surface area contributed by atoms with Crippen LogP contribution in [0, 0.1) is 5.92 Å². The van der Waals surface area contributed by atoms with E-state index in [1.54, 1.807) is 0 Å². The Labute approximate surface area is 137 Å². The fourth-order valence-corrected chi connectivity index (χ4v) is 3.48. The summed E-state index contributed by atoms with van der Waals surface area (Å²) in [6, 6.07) is 7.94. The van der Waals surface area contributed by atoms with Crippen molar-refractivity contribution in [3.63, 3.8) is 0 Å². The molecule has 0 bridgehead atoms. The van der Waals surface area contributed by atoms with E-state index in [0.29, 0.717) is 17.5 Å². The summed E-state index contributed by atoms with van der Waals surface area (Å²) in [5.41, 5.74) is 6.56. The highest BCUT2D eigenvalue weighted by Gasteiger charge is 2.51. The van der Waals surface area contributed by atoms with Crippen molar-refractivity contribution < 1.29 is 4.79 Å². The third-order valence-corrected chi connectivity index (χ3v) is 5.11. The first kappa shape index (κ1) is 16.6. The molecule has 116 valence electrons. The molecule has 2 unspecified atom stereocenters. The summed E-state index contributed by atoms with van der Waals surface area (Å²) in [5, 5.41) is 3.96. The van der Waals surface area contributed by atoms with Gasteiger partial charge in [0.1, 0.15) is 0 Å². The predicted molar refractivity (Wildman–Crippen MR) is 87.9 cm³/mol. The predicted octanol–water partition coefficient (Wildman–Crippen LogP) is 3.04. The molecule has 3 nitrogen and oxygen atoms in total. The summed E-state index contributed by atoms with van der Waals surface area (Å²) in [5.74, 6) is 0.616. The number of halogens is 2. The third-order valence-electron chi connectivity index (χ3n) is 4.86. The first-order chi connectivity index (χ1) is 9.65. The lowest BCUT2D eigenvalue weighted by atomic mass is 9.94. The van der Waals surface area contributed by atoms with E-state index in [1.165, 1.54) is 6.42 Å². The number of benzene rings is 1. The summed E-state index contributed by atoms with van der Waals surface area (Å²) in [4.78, 5) is 12.6. The minimum absolute atomic E-state index is 0. The van der Waals surface area contributed by atoms with E-state index in [1.807, 2.05) is 24.3 Å². The molecule has 0 aromatic heterocycles. The van der Waals surface area contributed by atoms with E-state index in [-0.39, 0.29) is 29.8 Å². The number of amides is 1. The van der Waals surface area contributed by atoms with Crippen molar-refractivity contribution in [2.45, 2.75) is 43.6 Å². The van der Waals surface area contributed by atoms with E-state index in [4.69, 9.17) is 17.3 Å². The van der Waals surface area contributed by atoms with Crippen LogP contribution in [-0.4, -0.2) is 18.5 Å². The SMILES string of the molecule is Cl.NCC1CCCC1NC(=O)C1(c2ccc(Cl)cc2)CC1. The minimum Gasteiger partial charge on any atom is -0.352 e. The number of carbonyl (C=O) groups excluding carboxylic acids is 1. The summed E-state index contributed by atoms with van der Waals surface area (Å²) in [6.45, 7) is 0.666. The average Bonchev–Trinajstić information content (AvgIpc) is 3.15. The molecular formula is C16H22Cl2N2O. The van der Waals surface area contributed by atoms with Crippen LogP contribution in [0.4, 0.5) is 0 Å². The largest absolute Gasteiger partial charge is 0.352 e. The lowest BCUT2D eigenvalue weighted by molar-refractivity contribution is -0.124. The van der Waals surface area contributed by atoms with Gasteiger partial charge in [0.25, 0.3) is 0 Å². The molecule has 2 aliphatic rings. The number of hydrogen-bond donors (Lipinski definition) is 2. The van der Waals surface area contributed by atoms with Crippen LogP contribution in [0.5, 0.6) is 0 Å². The fourth-order valence-electron chi connectivity index (χ4n) is 3.36. The summed E-state index contributed by atoms with van der Waals surface area (Å²) in [7, 11) is 0. The van der Waals surface area contributed by atoms with Gasteiger partial charge in [0, 0.05) is 11.1 Å². The van der Waals surface area contributed by atoms with Crippen LogP contribution in [0.15, 0.2) is 24.3 Å². The lowest BCUT2D eigenvalue weighted by Gasteiger charge is -2.23. The van der Waals surface area contributed by atoms with Gasteiger partial charge in [-0.1, -0.05) is 30.2 Å². The lowest BCUT2D eigenvalue weighted by Crippen LogP contribution is -2.44. The highest BCUT2D eigenvalue weighted by Crippen LogP contribution is 2.49. The van der Waals surface area contributed by atoms with Gasteiger partial charge >= 0.3 is 0 Å². The Morgan fingerprint density at radius 2 is 1.95 bits per heavy atom. The summed E-state index contributed by atoms with van der Waals surface area (Å²) < 4.78 is 0. The summed E-state index contributed by atoms with van der Waals surface area (Å²) in [6.07, 6.45) is 5.22. The van der Waals surface area contributed by atoms with Gasteiger partial charge in [0.2, 0.25) is 5.91 Å². The zero-order valence-electron chi connectivity index (χ0n) is 12.0. The Morgan fingerprint density at radius 3 is 2.52 bits per heavy atom. The number of carbonyl (C=O) groups is 1. The molecule has 1 aromatic carbocycles. The standard InChI is InChI=1S/C16H21ClN2O.ClH/c17-13-6-4-12(5-7-13)16(8-9-16)15(20)19-14-3-1-2-11(14)10-18;/h4-7,11,14H,1-3,8-10,18H2,(H,19,20);1H. The number of rotatable bonds is 4. The van der Waals surface area contributed by atoms with Crippen LogP contribution in [0.2, 0.25) is 5.02 Å². The number of nitrogens with one attached hydrogen (secondary N) is 1. The van der Waals surface area contributed by atoms with E-state index >= 15 is 0 Å². The molecule has 0 spiro atoms. The molecule has 5 heteroatoms. The second-order valence-corrected chi connectivity index (χ2v) is 6.53. The zero-order valence-corrected chi connectivity index (χ0v) is 13.6. The van der Waals surface area contributed by atoms with Gasteiger partial charge in [0.05, 0.1) is 5.41 Å². The van der Waals surface area contributed by atoms with E-state index < -0.39 is 0 Å². The third kappa shape index (κ3) is 3.20. The maximum atomic E-state index is 12.6. The number of hydrogen-bond acceptors (Lipinski definition) is 2. The maximum Gasteiger partial charge on any atom is 0.230 e. The normalized spacial score (nSPS) is 26.0. The van der Waals surface area contributed by atoms with Gasteiger partial charge in [-0.15, -0.1) is 12.4 Å². The van der Waals surface area contributed by atoms with Crippen molar-refractivity contribution in [1.82, 2.24) is 5.32 Å². The molecular weight excluding hydrogens is 307 g/mol. The Balaban J connectivity index is 0.00000161. The second kappa shape index (κ2) is 6.55. The Kier molecular flexibility index (Phi) is 5.18. The van der Waals surface area contributed by atoms with Crippen molar-refractivity contribution in [3.8, 4) is 0 Å². The molecule has 0 saturated heterocycles. The maximum absolute atomic E-state index is 12.6. The van der Waals surface area contributed by atoms with Gasteiger partial charge in [-0.25, -0.2) is 0 Å². The first-order valence-corrected chi connectivity index (χ1v) is 7.80. The van der Waals surface area contributed by atoms with Gasteiger partial charge < -0.3 is 11.1 Å². The highest BCUT2D eigenvalue weighted by molar-refractivity contribution is 6.30. The average molecular weight is 329 g/mol. The van der Waals surface area contributed by atoms with E-state index in [2.05, 4.69) is 5.32 Å². The van der Waals surface area contributed by atoms with Crippen LogP contribution < -0.4 is 11.1 Å². The molecule has 3 N–H and O–H groups in total. The quantitative estimate of drug-likeness (QED) is 0.892. The molecule has 0 aliphatic heterocycles. The molecule has 0 radical (unpaired) electrons. The van der Waals surface area contributed by atoms with Crippen LogP contribution in [0.3, 0.4) is 0 Å². The number of nitrogens with two attached hydrogens (primary N) is 1. The molecule has 1 amide bonds. The molecule has 2 atom stereocenters. The zero-order chi connectivity index (χ0) is 14.2. The molecule has 3 rings (SSSR count). The van der Waals surface area contributed by atoms with Crippen molar-refractivity contribution in [2.75, 3.05) is 6.54 Å². The highest BCUT2D eigenvalue weighted by atomic mass is 35.5. The molecule has 2 saturated carbocycles. The van der Waals surface area contributed by atoms with Crippen LogP contribution in [0.25, 0.3) is 0 Å². The van der Waals surface area contributed by atoms with Crippen molar-refractivity contribution in [3.05, 3.63) is 34.9 Å². The van der Waals surface area contributed by atoms with Gasteiger partial charge in [-0.3, -0.25) is 4.79 Å². The van der Waals surface area contributed by atoms with E-state index in [0.717, 1.165) is 31.2 Å². The first-order valence-electron chi connectivity index (χ1n) is 7.43. The van der Waals surface area contributed by atoms with Crippen LogP contribution >= 0.6 is 24.0 Å². The summed E-state index contributed by atoms with van der Waals surface area (Å²) >= 11 is 5.92. The molecule has 2 fully saturated rings. The molecule has 2 aliphatic carbocycles. The monoisotopic (exact) mass is 328 g/mol. The van der Waals surface area contributed by atoms with Crippen LogP contribution in [0.1, 0.15) is 37.7 Å². The Bertz CT molecular complexity index is 500. The van der Waals surface area contributed by atoms with Gasteiger partial charge in [-0.05, 0) is 55.8 Å². The Hall–Kier alpha value is -0.770. The molecule has 1 aromatic rings. The van der Waals surface area contributed by atoms with Gasteiger partial charge in [0.15, 0.2) is 0 Å². The van der Waals surface area contributed by atoms with Crippen molar-refractivity contribution in [1.29, 1.82) is 0 Å². The molecule has 21 heavy (non-hydrogen) atoms. The van der Waals surface area contributed by atoms with Gasteiger partial charge in [-0.2, -0.15) is 0 Å². The minimum atomic E-state index is -0.313. The Morgan fingerprint density at radius 1 is 1.29 bits per heavy atom. The smallest absolute Gasteiger partial charge is 0.230 e. The van der Waals surface area contributed by atoms with Crippen molar-refractivity contribution in [2.24, 2.45) is 11.7 Å². The van der Waals surface area contributed by atoms with Crippen LogP contribution in [-0.2, 0) is 10.2 Å². The topological polar surface area (TPSA) is 55.1 Å². The second-order valence-electron chi connectivity index (χ2n) is 6.10.